The van der Waals surface area contributed by atoms with E-state index in [9.17, 15) is 0 Å². The number of nitrogens with one attached hydrogen (secondary N) is 1. The van der Waals surface area contributed by atoms with E-state index in [0.717, 1.165) is 28.9 Å². The summed E-state index contributed by atoms with van der Waals surface area (Å²) < 4.78 is 0. The van der Waals surface area contributed by atoms with Crippen molar-refractivity contribution >= 4 is 27.4 Å². The normalized spacial score (nSPS) is 12.9. The number of fused-ring (bicyclic) bond motifs is 1. The van der Waals surface area contributed by atoms with E-state index >= 15 is 0 Å². The lowest BCUT2D eigenvalue weighted by molar-refractivity contribution is 0.278. The average molecular weight is 265 g/mol. The van der Waals surface area contributed by atoms with Crippen molar-refractivity contribution in [3.8, 4) is 0 Å². The highest BCUT2D eigenvalue weighted by Crippen LogP contribution is 2.32. The summed E-state index contributed by atoms with van der Waals surface area (Å²) in [4.78, 5) is 11.0. The fraction of sp³-hybridized carbons (Fsp3) is 0.538. The number of aliphatic hydroxyl groups excluding tert-OH is 1. The van der Waals surface area contributed by atoms with Crippen LogP contribution in [0.4, 0.5) is 5.82 Å². The van der Waals surface area contributed by atoms with Crippen molar-refractivity contribution in [3.05, 3.63) is 16.8 Å². The summed E-state index contributed by atoms with van der Waals surface area (Å²) in [6.45, 7) is 6.52. The Kier molecular flexibility index (Phi) is 4.14. The molecule has 2 rings (SSSR count). The van der Waals surface area contributed by atoms with E-state index in [-0.39, 0.29) is 12.6 Å². The SMILES string of the molecule is CCC(CCO)Nc1ncnc2sc(C)c(C)c12. The molecule has 0 aliphatic rings. The van der Waals surface area contributed by atoms with Crippen molar-refractivity contribution in [1.82, 2.24) is 9.97 Å². The van der Waals surface area contributed by atoms with E-state index in [1.54, 1.807) is 17.7 Å². The Balaban J connectivity index is 2.38. The Hall–Kier alpha value is -1.20. The van der Waals surface area contributed by atoms with Gasteiger partial charge >= 0.3 is 0 Å². The lowest BCUT2D eigenvalue weighted by atomic mass is 10.1. The molecule has 2 aromatic rings. The van der Waals surface area contributed by atoms with Crippen LogP contribution in [0.2, 0.25) is 0 Å². The van der Waals surface area contributed by atoms with Crippen LogP contribution in [0.15, 0.2) is 6.33 Å². The first-order chi connectivity index (χ1) is 8.67. The smallest absolute Gasteiger partial charge is 0.138 e. The van der Waals surface area contributed by atoms with Gasteiger partial charge in [-0.15, -0.1) is 11.3 Å². The van der Waals surface area contributed by atoms with Gasteiger partial charge in [0, 0.05) is 17.5 Å². The minimum absolute atomic E-state index is 0.196. The molecule has 0 spiro atoms. The molecule has 2 heterocycles. The number of aryl methyl sites for hydroxylation is 2. The van der Waals surface area contributed by atoms with Crippen LogP contribution in [-0.2, 0) is 0 Å². The van der Waals surface area contributed by atoms with Gasteiger partial charge in [-0.05, 0) is 32.3 Å². The van der Waals surface area contributed by atoms with Gasteiger partial charge in [-0.2, -0.15) is 0 Å². The Morgan fingerprint density at radius 1 is 1.39 bits per heavy atom. The summed E-state index contributed by atoms with van der Waals surface area (Å²) in [5.41, 5.74) is 1.25. The molecule has 1 atom stereocenters. The summed E-state index contributed by atoms with van der Waals surface area (Å²) >= 11 is 1.70. The number of aliphatic hydroxyl groups is 1. The number of thiophene rings is 1. The van der Waals surface area contributed by atoms with Crippen LogP contribution in [0.3, 0.4) is 0 Å². The van der Waals surface area contributed by atoms with Crippen LogP contribution < -0.4 is 5.32 Å². The molecule has 98 valence electrons. The van der Waals surface area contributed by atoms with Crippen molar-refractivity contribution < 1.29 is 5.11 Å². The largest absolute Gasteiger partial charge is 0.396 e. The van der Waals surface area contributed by atoms with Crippen LogP contribution in [0, 0.1) is 13.8 Å². The third-order valence-electron chi connectivity index (χ3n) is 3.28. The van der Waals surface area contributed by atoms with Crippen molar-refractivity contribution in [2.75, 3.05) is 11.9 Å². The van der Waals surface area contributed by atoms with Gasteiger partial charge in [0.15, 0.2) is 0 Å². The number of rotatable bonds is 5. The second kappa shape index (κ2) is 5.63. The minimum Gasteiger partial charge on any atom is -0.396 e. The number of hydrogen-bond donors (Lipinski definition) is 2. The molecule has 0 amide bonds. The van der Waals surface area contributed by atoms with E-state index in [1.807, 2.05) is 0 Å². The molecule has 0 saturated carbocycles. The summed E-state index contributed by atoms with van der Waals surface area (Å²) in [5, 5.41) is 13.6. The first kappa shape index (κ1) is 13.2. The van der Waals surface area contributed by atoms with Gasteiger partial charge in [0.2, 0.25) is 0 Å². The van der Waals surface area contributed by atoms with E-state index in [0.29, 0.717) is 0 Å². The van der Waals surface area contributed by atoms with Crippen LogP contribution in [0.25, 0.3) is 10.2 Å². The molecule has 4 nitrogen and oxygen atoms in total. The highest BCUT2D eigenvalue weighted by Gasteiger charge is 2.14. The number of hydrogen-bond acceptors (Lipinski definition) is 5. The Bertz CT molecular complexity index is 538. The van der Waals surface area contributed by atoms with Crippen molar-refractivity contribution in [1.29, 1.82) is 0 Å². The van der Waals surface area contributed by atoms with Gasteiger partial charge in [0.25, 0.3) is 0 Å². The van der Waals surface area contributed by atoms with Gasteiger partial charge < -0.3 is 10.4 Å². The van der Waals surface area contributed by atoms with Crippen LogP contribution in [-0.4, -0.2) is 27.7 Å². The molecule has 1 unspecified atom stereocenters. The van der Waals surface area contributed by atoms with Crippen LogP contribution in [0.5, 0.6) is 0 Å². The zero-order chi connectivity index (χ0) is 13.1. The molecule has 0 saturated heterocycles. The predicted octanol–water partition coefficient (Wildman–Crippen LogP) is 2.88. The number of aromatic nitrogens is 2. The molecule has 0 aliphatic heterocycles. The van der Waals surface area contributed by atoms with Gasteiger partial charge in [0.05, 0.1) is 5.39 Å². The fourth-order valence-corrected chi connectivity index (χ4v) is 3.02. The second-order valence-electron chi connectivity index (χ2n) is 4.45. The summed E-state index contributed by atoms with van der Waals surface area (Å²) in [6, 6.07) is 0.257. The second-order valence-corrected chi connectivity index (χ2v) is 5.65. The molecule has 2 aromatic heterocycles. The van der Waals surface area contributed by atoms with Crippen molar-refractivity contribution in [2.45, 2.75) is 39.7 Å². The molecule has 5 heteroatoms. The highest BCUT2D eigenvalue weighted by molar-refractivity contribution is 7.18. The van der Waals surface area contributed by atoms with Gasteiger partial charge in [-0.1, -0.05) is 6.92 Å². The molecule has 0 aliphatic carbocycles. The third kappa shape index (κ3) is 2.47. The average Bonchev–Trinajstić information content (AvgIpc) is 2.65. The molecular weight excluding hydrogens is 246 g/mol. The molecule has 2 N–H and O–H groups in total. The van der Waals surface area contributed by atoms with Gasteiger partial charge in [-0.25, -0.2) is 9.97 Å². The first-order valence-electron chi connectivity index (χ1n) is 6.25. The third-order valence-corrected chi connectivity index (χ3v) is 4.39. The van der Waals surface area contributed by atoms with Crippen LogP contribution in [0.1, 0.15) is 30.2 Å². The maximum absolute atomic E-state index is 9.05. The molecule has 0 radical (unpaired) electrons. The monoisotopic (exact) mass is 265 g/mol. The van der Waals surface area contributed by atoms with E-state index < -0.39 is 0 Å². The van der Waals surface area contributed by atoms with Crippen LogP contribution >= 0.6 is 11.3 Å². The number of nitrogens with zero attached hydrogens (tertiary/aromatic N) is 2. The zero-order valence-electron chi connectivity index (χ0n) is 11.0. The fourth-order valence-electron chi connectivity index (χ4n) is 2.02. The lowest BCUT2D eigenvalue weighted by Crippen LogP contribution is -2.20. The van der Waals surface area contributed by atoms with Gasteiger partial charge in [0.1, 0.15) is 17.0 Å². The maximum Gasteiger partial charge on any atom is 0.138 e. The van der Waals surface area contributed by atoms with Gasteiger partial charge in [-0.3, -0.25) is 0 Å². The predicted molar refractivity (Wildman–Crippen MR) is 76.3 cm³/mol. The lowest BCUT2D eigenvalue weighted by Gasteiger charge is -2.17. The first-order valence-corrected chi connectivity index (χ1v) is 7.07. The Morgan fingerprint density at radius 2 is 2.17 bits per heavy atom. The minimum atomic E-state index is 0.196. The summed E-state index contributed by atoms with van der Waals surface area (Å²) in [6.07, 6.45) is 3.31. The zero-order valence-corrected chi connectivity index (χ0v) is 11.8. The highest BCUT2D eigenvalue weighted by atomic mass is 32.1. The quantitative estimate of drug-likeness (QED) is 0.872. The number of anilines is 1. The summed E-state index contributed by atoms with van der Waals surface area (Å²) in [7, 11) is 0. The Labute approximate surface area is 111 Å². The molecule has 0 bridgehead atoms. The van der Waals surface area contributed by atoms with Crippen molar-refractivity contribution in [3.63, 3.8) is 0 Å². The standard InChI is InChI=1S/C13H19N3OS/c1-4-10(5-6-17)16-12-11-8(2)9(3)18-13(11)15-7-14-12/h7,10,17H,4-6H2,1-3H3,(H,14,15,16). The van der Waals surface area contributed by atoms with E-state index in [2.05, 4.69) is 36.1 Å². The molecule has 0 aromatic carbocycles. The maximum atomic E-state index is 9.05. The van der Waals surface area contributed by atoms with E-state index in [1.165, 1.54) is 10.4 Å². The topological polar surface area (TPSA) is 58.0 Å². The molecule has 18 heavy (non-hydrogen) atoms. The summed E-state index contributed by atoms with van der Waals surface area (Å²) in [5.74, 6) is 0.891. The van der Waals surface area contributed by atoms with Crippen molar-refractivity contribution in [2.24, 2.45) is 0 Å². The Morgan fingerprint density at radius 3 is 2.83 bits per heavy atom. The molecular formula is C13H19N3OS. The van der Waals surface area contributed by atoms with E-state index in [4.69, 9.17) is 5.11 Å². The molecule has 0 fully saturated rings.